The van der Waals surface area contributed by atoms with Gasteiger partial charge in [-0.2, -0.15) is 0 Å². The van der Waals surface area contributed by atoms with Crippen molar-refractivity contribution in [3.8, 4) is 0 Å². The molecule has 4 atom stereocenters. The van der Waals surface area contributed by atoms with E-state index in [9.17, 15) is 4.79 Å². The molecule has 3 aromatic rings. The zero-order valence-corrected chi connectivity index (χ0v) is 20.5. The fourth-order valence-electron chi connectivity index (χ4n) is 5.62. The van der Waals surface area contributed by atoms with Crippen LogP contribution >= 0.6 is 0 Å². The van der Waals surface area contributed by atoms with Crippen molar-refractivity contribution in [2.75, 3.05) is 19.8 Å². The summed E-state index contributed by atoms with van der Waals surface area (Å²) in [6.45, 7) is 4.27. The molecule has 5 heteroatoms. The van der Waals surface area contributed by atoms with Crippen molar-refractivity contribution in [3.63, 3.8) is 0 Å². The zero-order chi connectivity index (χ0) is 24.0. The maximum absolute atomic E-state index is 12.4. The quantitative estimate of drug-likeness (QED) is 0.400. The van der Waals surface area contributed by atoms with Crippen LogP contribution < -0.4 is 10.8 Å². The van der Waals surface area contributed by atoms with Gasteiger partial charge in [0.1, 0.15) is 0 Å². The first-order chi connectivity index (χ1) is 17.2. The van der Waals surface area contributed by atoms with Gasteiger partial charge in [-0.1, -0.05) is 61.0 Å². The van der Waals surface area contributed by atoms with Crippen molar-refractivity contribution in [3.05, 3.63) is 83.4 Å². The molecule has 1 unspecified atom stereocenters. The van der Waals surface area contributed by atoms with Gasteiger partial charge in [-0.25, -0.2) is 5.48 Å². The molecular formula is C30H36N2O3. The molecule has 0 radical (unpaired) electrons. The van der Waals surface area contributed by atoms with Crippen LogP contribution in [0.5, 0.6) is 0 Å². The van der Waals surface area contributed by atoms with Gasteiger partial charge in [0.2, 0.25) is 0 Å². The van der Waals surface area contributed by atoms with Crippen LogP contribution in [0.15, 0.2) is 66.7 Å². The van der Waals surface area contributed by atoms with E-state index in [-0.39, 0.29) is 5.91 Å². The third kappa shape index (κ3) is 5.92. The zero-order valence-electron chi connectivity index (χ0n) is 20.5. The number of hydrogen-bond donors (Lipinski definition) is 2. The minimum absolute atomic E-state index is 0.192. The smallest absolute Gasteiger partial charge is 0.274 e. The molecule has 2 N–H and O–H groups in total. The highest BCUT2D eigenvalue weighted by Gasteiger charge is 2.25. The van der Waals surface area contributed by atoms with Gasteiger partial charge in [-0.05, 0) is 72.6 Å². The van der Waals surface area contributed by atoms with Crippen LogP contribution in [0.2, 0.25) is 0 Å². The van der Waals surface area contributed by atoms with Crippen LogP contribution in [-0.4, -0.2) is 31.8 Å². The van der Waals surface area contributed by atoms with Crippen LogP contribution in [0, 0.1) is 5.92 Å². The van der Waals surface area contributed by atoms with Gasteiger partial charge in [0.05, 0.1) is 13.2 Å². The van der Waals surface area contributed by atoms with E-state index in [2.05, 4.69) is 72.3 Å². The van der Waals surface area contributed by atoms with Crippen LogP contribution in [0.25, 0.3) is 10.8 Å². The SMILES string of the molecule is C[C@@H](N[C@H]1CCC[C@H](c2ccc(C(=O)NOCC3CCOC3)cc2)C1)c1cccc2ccccc12. The predicted octanol–water partition coefficient (Wildman–Crippen LogP) is 5.91. The third-order valence-electron chi connectivity index (χ3n) is 7.60. The summed E-state index contributed by atoms with van der Waals surface area (Å²) >= 11 is 0. The third-order valence-corrected chi connectivity index (χ3v) is 7.60. The Bertz CT molecular complexity index is 1120. The normalized spacial score (nSPS) is 23.3. The number of hydroxylamine groups is 1. The maximum atomic E-state index is 12.4. The summed E-state index contributed by atoms with van der Waals surface area (Å²) in [4.78, 5) is 17.8. The molecule has 0 aromatic heterocycles. The Kier molecular flexibility index (Phi) is 7.77. The maximum Gasteiger partial charge on any atom is 0.274 e. The number of ether oxygens (including phenoxy) is 1. The highest BCUT2D eigenvalue weighted by atomic mass is 16.7. The summed E-state index contributed by atoms with van der Waals surface area (Å²) in [5.41, 5.74) is 5.89. The Labute approximate surface area is 208 Å². The molecule has 1 saturated carbocycles. The largest absolute Gasteiger partial charge is 0.381 e. The Balaban J connectivity index is 1.16. The standard InChI is InChI=1S/C30H36N2O3/c1-21(28-11-5-7-24-6-2-3-10-29(24)28)31-27-9-4-8-26(18-27)23-12-14-25(15-13-23)30(33)32-35-20-22-16-17-34-19-22/h2-3,5-7,10-15,21-22,26-27,31H,4,8-9,16-20H2,1H3,(H,32,33)/t21-,22?,26+,27+/m1/s1. The summed E-state index contributed by atoms with van der Waals surface area (Å²) < 4.78 is 5.34. The van der Waals surface area contributed by atoms with Crippen molar-refractivity contribution in [1.29, 1.82) is 0 Å². The average Bonchev–Trinajstić information content (AvgIpc) is 3.42. The van der Waals surface area contributed by atoms with Crippen molar-refractivity contribution < 1.29 is 14.4 Å². The molecular weight excluding hydrogens is 436 g/mol. The first-order valence-electron chi connectivity index (χ1n) is 13.0. The topological polar surface area (TPSA) is 59.6 Å². The lowest BCUT2D eigenvalue weighted by molar-refractivity contribution is 0.0145. The molecule has 184 valence electrons. The monoisotopic (exact) mass is 472 g/mol. The lowest BCUT2D eigenvalue weighted by Crippen LogP contribution is -2.35. The number of amides is 1. The van der Waals surface area contributed by atoms with E-state index in [1.54, 1.807) is 0 Å². The fourth-order valence-corrected chi connectivity index (χ4v) is 5.62. The van der Waals surface area contributed by atoms with E-state index >= 15 is 0 Å². The highest BCUT2D eigenvalue weighted by molar-refractivity contribution is 5.93. The van der Waals surface area contributed by atoms with Crippen LogP contribution in [0.3, 0.4) is 0 Å². The number of fused-ring (bicyclic) bond motifs is 1. The number of rotatable bonds is 8. The van der Waals surface area contributed by atoms with Crippen molar-refractivity contribution in [1.82, 2.24) is 10.8 Å². The number of carbonyl (C=O) groups is 1. The first kappa shape index (κ1) is 24.0. The molecule has 1 aliphatic heterocycles. The van der Waals surface area contributed by atoms with Gasteiger partial charge in [-0.15, -0.1) is 0 Å². The van der Waals surface area contributed by atoms with Crippen LogP contribution in [-0.2, 0) is 9.57 Å². The number of nitrogens with one attached hydrogen (secondary N) is 2. The molecule has 2 fully saturated rings. The number of hydrogen-bond acceptors (Lipinski definition) is 4. The Morgan fingerprint density at radius 2 is 1.86 bits per heavy atom. The number of carbonyl (C=O) groups excluding carboxylic acids is 1. The van der Waals surface area contributed by atoms with Crippen LogP contribution in [0.1, 0.15) is 72.5 Å². The van der Waals surface area contributed by atoms with E-state index < -0.39 is 0 Å². The molecule has 0 bridgehead atoms. The summed E-state index contributed by atoms with van der Waals surface area (Å²) in [6.07, 6.45) is 5.72. The van der Waals surface area contributed by atoms with Gasteiger partial charge in [0.25, 0.3) is 5.91 Å². The second kappa shape index (κ2) is 11.3. The second-order valence-corrected chi connectivity index (χ2v) is 10.1. The molecule has 1 amide bonds. The Hall–Kier alpha value is -2.73. The Morgan fingerprint density at radius 3 is 2.69 bits per heavy atom. The molecule has 0 spiro atoms. The predicted molar refractivity (Wildman–Crippen MR) is 139 cm³/mol. The van der Waals surface area contributed by atoms with Gasteiger partial charge < -0.3 is 10.1 Å². The first-order valence-corrected chi connectivity index (χ1v) is 13.0. The fraction of sp³-hybridized carbons (Fsp3) is 0.433. The minimum Gasteiger partial charge on any atom is -0.381 e. The summed E-state index contributed by atoms with van der Waals surface area (Å²) in [5.74, 6) is 0.688. The minimum atomic E-state index is -0.192. The molecule has 1 heterocycles. The van der Waals surface area contributed by atoms with Gasteiger partial charge in [0.15, 0.2) is 0 Å². The molecule has 5 rings (SSSR count). The molecule has 2 aliphatic rings. The van der Waals surface area contributed by atoms with Crippen LogP contribution in [0.4, 0.5) is 0 Å². The summed E-state index contributed by atoms with van der Waals surface area (Å²) in [7, 11) is 0. The van der Waals surface area contributed by atoms with Gasteiger partial charge >= 0.3 is 0 Å². The molecule has 1 aliphatic carbocycles. The van der Waals surface area contributed by atoms with E-state index in [1.807, 2.05) is 12.1 Å². The summed E-state index contributed by atoms with van der Waals surface area (Å²) in [5, 5.41) is 6.54. The van der Waals surface area contributed by atoms with E-state index in [0.717, 1.165) is 19.4 Å². The molecule has 35 heavy (non-hydrogen) atoms. The highest BCUT2D eigenvalue weighted by Crippen LogP contribution is 2.34. The number of benzene rings is 3. The van der Waals surface area contributed by atoms with E-state index in [4.69, 9.17) is 9.57 Å². The summed E-state index contributed by atoms with van der Waals surface area (Å²) in [6, 6.07) is 24.1. The lowest BCUT2D eigenvalue weighted by atomic mass is 9.80. The molecule has 5 nitrogen and oxygen atoms in total. The van der Waals surface area contributed by atoms with Crippen molar-refractivity contribution in [2.45, 2.75) is 57.0 Å². The van der Waals surface area contributed by atoms with E-state index in [1.165, 1.54) is 41.2 Å². The molecule has 3 aromatic carbocycles. The molecule has 1 saturated heterocycles. The van der Waals surface area contributed by atoms with E-state index in [0.29, 0.717) is 42.7 Å². The average molecular weight is 473 g/mol. The van der Waals surface area contributed by atoms with Gasteiger partial charge in [0, 0.05) is 30.2 Å². The second-order valence-electron chi connectivity index (χ2n) is 10.1. The Morgan fingerprint density at radius 1 is 1.03 bits per heavy atom. The van der Waals surface area contributed by atoms with Gasteiger partial charge in [-0.3, -0.25) is 9.63 Å². The lowest BCUT2D eigenvalue weighted by Gasteiger charge is -2.32. The van der Waals surface area contributed by atoms with Crippen molar-refractivity contribution in [2.24, 2.45) is 5.92 Å². The van der Waals surface area contributed by atoms with Crippen molar-refractivity contribution >= 4 is 16.7 Å².